The highest BCUT2D eigenvalue weighted by Crippen LogP contribution is 2.21. The van der Waals surface area contributed by atoms with E-state index in [9.17, 15) is 0 Å². The predicted octanol–water partition coefficient (Wildman–Crippen LogP) is 3.47. The number of nitrogens with zero attached hydrogens (tertiary/aromatic N) is 1. The molecule has 4 heteroatoms. The smallest absolute Gasteiger partial charge is 0.133 e. The first kappa shape index (κ1) is 11.9. The number of rotatable bonds is 3. The average Bonchev–Trinajstić information content (AvgIpc) is 2.32. The van der Waals surface area contributed by atoms with Crippen molar-refractivity contribution in [3.8, 4) is 5.75 Å². The maximum Gasteiger partial charge on any atom is 0.133 e. The van der Waals surface area contributed by atoms with Crippen LogP contribution in [0.5, 0.6) is 5.75 Å². The molecule has 0 atom stereocenters. The molecule has 0 aliphatic rings. The van der Waals surface area contributed by atoms with Gasteiger partial charge in [0, 0.05) is 10.2 Å². The summed E-state index contributed by atoms with van der Waals surface area (Å²) < 4.78 is 1.05. The van der Waals surface area contributed by atoms with Crippen molar-refractivity contribution in [1.29, 1.82) is 0 Å². The van der Waals surface area contributed by atoms with Gasteiger partial charge < -0.3 is 10.4 Å². The molecule has 0 unspecified atom stereocenters. The Morgan fingerprint density at radius 1 is 1.29 bits per heavy atom. The zero-order chi connectivity index (χ0) is 12.3. The van der Waals surface area contributed by atoms with E-state index >= 15 is 0 Å². The molecule has 88 valence electrons. The van der Waals surface area contributed by atoms with E-state index in [1.807, 2.05) is 12.1 Å². The van der Waals surface area contributed by atoms with Crippen LogP contribution in [0.25, 0.3) is 0 Å². The SMILES string of the molecule is Cc1ccc(Br)cc1NCc1ccc(O)cn1. The Morgan fingerprint density at radius 3 is 2.82 bits per heavy atom. The van der Waals surface area contributed by atoms with Crippen molar-refractivity contribution in [2.45, 2.75) is 13.5 Å². The number of aryl methyl sites for hydroxylation is 1. The molecule has 1 heterocycles. The first-order valence-corrected chi connectivity index (χ1v) is 6.08. The fraction of sp³-hybridized carbons (Fsp3) is 0.154. The van der Waals surface area contributed by atoms with Crippen LogP contribution < -0.4 is 5.32 Å². The molecule has 0 spiro atoms. The van der Waals surface area contributed by atoms with Crippen LogP contribution in [-0.4, -0.2) is 10.1 Å². The zero-order valence-electron chi connectivity index (χ0n) is 9.44. The lowest BCUT2D eigenvalue weighted by Crippen LogP contribution is -2.02. The third-order valence-electron chi connectivity index (χ3n) is 2.47. The Hall–Kier alpha value is -1.55. The second-order valence-corrected chi connectivity index (χ2v) is 4.74. The van der Waals surface area contributed by atoms with E-state index in [4.69, 9.17) is 5.11 Å². The molecule has 0 radical (unpaired) electrons. The summed E-state index contributed by atoms with van der Waals surface area (Å²) in [4.78, 5) is 4.12. The van der Waals surface area contributed by atoms with Crippen molar-refractivity contribution in [3.05, 3.63) is 52.3 Å². The molecule has 17 heavy (non-hydrogen) atoms. The van der Waals surface area contributed by atoms with Crippen LogP contribution in [0.1, 0.15) is 11.3 Å². The molecule has 0 amide bonds. The molecule has 3 nitrogen and oxygen atoms in total. The van der Waals surface area contributed by atoms with Gasteiger partial charge in [0.1, 0.15) is 5.75 Å². The molecule has 0 bridgehead atoms. The van der Waals surface area contributed by atoms with Crippen molar-refractivity contribution < 1.29 is 5.11 Å². The lowest BCUT2D eigenvalue weighted by atomic mass is 10.2. The van der Waals surface area contributed by atoms with Gasteiger partial charge in [0.15, 0.2) is 0 Å². The average molecular weight is 293 g/mol. The van der Waals surface area contributed by atoms with Gasteiger partial charge in [0.05, 0.1) is 18.4 Å². The minimum absolute atomic E-state index is 0.187. The van der Waals surface area contributed by atoms with Gasteiger partial charge in [-0.1, -0.05) is 22.0 Å². The highest BCUT2D eigenvalue weighted by atomic mass is 79.9. The maximum absolute atomic E-state index is 9.13. The molecule has 2 rings (SSSR count). The van der Waals surface area contributed by atoms with Gasteiger partial charge in [-0.2, -0.15) is 0 Å². The maximum atomic E-state index is 9.13. The molecule has 0 saturated carbocycles. The Kier molecular flexibility index (Phi) is 3.64. The van der Waals surface area contributed by atoms with E-state index in [0.29, 0.717) is 6.54 Å². The van der Waals surface area contributed by atoms with Gasteiger partial charge in [-0.3, -0.25) is 4.98 Å². The van der Waals surface area contributed by atoms with Crippen LogP contribution in [0, 0.1) is 6.92 Å². The van der Waals surface area contributed by atoms with Crippen LogP contribution >= 0.6 is 15.9 Å². The molecule has 0 aliphatic heterocycles. The van der Waals surface area contributed by atoms with Crippen LogP contribution in [0.3, 0.4) is 0 Å². The Balaban J connectivity index is 2.07. The van der Waals surface area contributed by atoms with E-state index < -0.39 is 0 Å². The van der Waals surface area contributed by atoms with Crippen LogP contribution in [0.2, 0.25) is 0 Å². The van der Waals surface area contributed by atoms with Gasteiger partial charge in [0.25, 0.3) is 0 Å². The largest absolute Gasteiger partial charge is 0.506 e. The van der Waals surface area contributed by atoms with E-state index in [0.717, 1.165) is 15.9 Å². The summed E-state index contributed by atoms with van der Waals surface area (Å²) >= 11 is 3.44. The fourth-order valence-corrected chi connectivity index (χ4v) is 1.85. The summed E-state index contributed by atoms with van der Waals surface area (Å²) in [6.07, 6.45) is 1.45. The molecule has 1 aromatic carbocycles. The number of hydrogen-bond donors (Lipinski definition) is 2. The number of aromatic nitrogens is 1. The third-order valence-corrected chi connectivity index (χ3v) is 2.96. The van der Waals surface area contributed by atoms with Crippen LogP contribution in [-0.2, 0) is 6.54 Å². The van der Waals surface area contributed by atoms with Crippen LogP contribution in [0.4, 0.5) is 5.69 Å². The molecule has 0 fully saturated rings. The predicted molar refractivity (Wildman–Crippen MR) is 72.1 cm³/mol. The van der Waals surface area contributed by atoms with Crippen molar-refractivity contribution in [3.63, 3.8) is 0 Å². The summed E-state index contributed by atoms with van der Waals surface area (Å²) in [6.45, 7) is 2.69. The number of pyridine rings is 1. The lowest BCUT2D eigenvalue weighted by Gasteiger charge is -2.09. The molecule has 1 aromatic heterocycles. The Bertz CT molecular complexity index is 511. The second-order valence-electron chi connectivity index (χ2n) is 3.82. The molecule has 0 saturated heterocycles. The van der Waals surface area contributed by atoms with Crippen molar-refractivity contribution in [2.24, 2.45) is 0 Å². The summed E-state index contributed by atoms with van der Waals surface area (Å²) in [5.74, 6) is 0.187. The summed E-state index contributed by atoms with van der Waals surface area (Å²) in [5.41, 5.74) is 3.16. The van der Waals surface area contributed by atoms with Gasteiger partial charge in [-0.15, -0.1) is 0 Å². The Morgan fingerprint density at radius 2 is 2.12 bits per heavy atom. The number of hydrogen-bond acceptors (Lipinski definition) is 3. The zero-order valence-corrected chi connectivity index (χ0v) is 11.0. The number of halogens is 1. The lowest BCUT2D eigenvalue weighted by molar-refractivity contribution is 0.472. The van der Waals surface area contributed by atoms with E-state index in [2.05, 4.69) is 39.2 Å². The monoisotopic (exact) mass is 292 g/mol. The van der Waals surface area contributed by atoms with Gasteiger partial charge in [0.2, 0.25) is 0 Å². The summed E-state index contributed by atoms with van der Waals surface area (Å²) in [6, 6.07) is 9.54. The molecule has 2 aromatic rings. The van der Waals surface area contributed by atoms with Gasteiger partial charge in [-0.25, -0.2) is 0 Å². The van der Waals surface area contributed by atoms with Crippen molar-refractivity contribution in [2.75, 3.05) is 5.32 Å². The second kappa shape index (κ2) is 5.19. The number of anilines is 1. The molecule has 2 N–H and O–H groups in total. The number of benzene rings is 1. The number of nitrogens with one attached hydrogen (secondary N) is 1. The van der Waals surface area contributed by atoms with Gasteiger partial charge >= 0.3 is 0 Å². The van der Waals surface area contributed by atoms with Crippen LogP contribution in [0.15, 0.2) is 41.0 Å². The summed E-state index contributed by atoms with van der Waals surface area (Å²) in [5, 5.41) is 12.4. The van der Waals surface area contributed by atoms with Gasteiger partial charge in [-0.05, 0) is 36.8 Å². The first-order chi connectivity index (χ1) is 8.15. The van der Waals surface area contributed by atoms with Crippen molar-refractivity contribution in [1.82, 2.24) is 4.98 Å². The first-order valence-electron chi connectivity index (χ1n) is 5.29. The minimum Gasteiger partial charge on any atom is -0.506 e. The topological polar surface area (TPSA) is 45.1 Å². The highest BCUT2D eigenvalue weighted by molar-refractivity contribution is 9.10. The molecule has 0 aliphatic carbocycles. The van der Waals surface area contributed by atoms with Crippen molar-refractivity contribution >= 4 is 21.6 Å². The minimum atomic E-state index is 0.187. The summed E-state index contributed by atoms with van der Waals surface area (Å²) in [7, 11) is 0. The Labute approximate surface area is 109 Å². The molecular formula is C13H13BrN2O. The van der Waals surface area contributed by atoms with E-state index in [-0.39, 0.29) is 5.75 Å². The fourth-order valence-electron chi connectivity index (χ4n) is 1.49. The number of aromatic hydroxyl groups is 1. The third kappa shape index (κ3) is 3.20. The normalized spacial score (nSPS) is 10.2. The quantitative estimate of drug-likeness (QED) is 0.910. The van der Waals surface area contributed by atoms with E-state index in [1.165, 1.54) is 11.8 Å². The molecular weight excluding hydrogens is 280 g/mol. The van der Waals surface area contributed by atoms with E-state index in [1.54, 1.807) is 12.1 Å². The standard InChI is InChI=1S/C13H13BrN2O/c1-9-2-3-10(14)6-13(9)16-7-11-4-5-12(17)8-15-11/h2-6,8,16-17H,7H2,1H3. The highest BCUT2D eigenvalue weighted by Gasteiger charge is 2.00.